The molecule has 0 saturated carbocycles. The molecule has 0 saturated heterocycles. The van der Waals surface area contributed by atoms with Crippen molar-refractivity contribution in [3.05, 3.63) is 47.3 Å². The van der Waals surface area contributed by atoms with Crippen LogP contribution >= 0.6 is 11.6 Å². The molecule has 1 aliphatic heterocycles. The van der Waals surface area contributed by atoms with Gasteiger partial charge in [0.15, 0.2) is 11.5 Å². The van der Waals surface area contributed by atoms with Crippen LogP contribution < -0.4 is 16.0 Å². The summed E-state index contributed by atoms with van der Waals surface area (Å²) in [5, 5.41) is 26.0. The highest BCUT2D eigenvalue weighted by Crippen LogP contribution is 2.50. The number of aliphatic hydroxyl groups is 1. The van der Waals surface area contributed by atoms with Crippen LogP contribution in [0.15, 0.2) is 30.9 Å². The molecule has 184 valence electrons. The highest BCUT2D eigenvalue weighted by Gasteiger charge is 2.60. The van der Waals surface area contributed by atoms with Crippen molar-refractivity contribution in [3.8, 4) is 5.82 Å². The molecule has 0 amide bonds. The highest BCUT2D eigenvalue weighted by molar-refractivity contribution is 6.32. The van der Waals surface area contributed by atoms with Crippen molar-refractivity contribution < 1.29 is 18.3 Å². The van der Waals surface area contributed by atoms with Crippen molar-refractivity contribution in [1.29, 1.82) is 0 Å². The van der Waals surface area contributed by atoms with Gasteiger partial charge in [0.1, 0.15) is 11.1 Å². The molecule has 2 unspecified atom stereocenters. The monoisotopic (exact) mass is 508 g/mol. The summed E-state index contributed by atoms with van der Waals surface area (Å²) in [5.74, 6) is 0.252. The summed E-state index contributed by atoms with van der Waals surface area (Å²) in [6, 6.07) is 1.46. The van der Waals surface area contributed by atoms with E-state index in [0.29, 0.717) is 12.1 Å². The van der Waals surface area contributed by atoms with Gasteiger partial charge in [-0.1, -0.05) is 18.5 Å². The predicted octanol–water partition coefficient (Wildman–Crippen LogP) is 2.53. The van der Waals surface area contributed by atoms with Crippen LogP contribution in [0, 0.1) is 0 Å². The third kappa shape index (κ3) is 3.51. The van der Waals surface area contributed by atoms with Gasteiger partial charge in [-0.2, -0.15) is 28.5 Å². The lowest BCUT2D eigenvalue weighted by molar-refractivity contribution is -0.182. The van der Waals surface area contributed by atoms with Crippen molar-refractivity contribution in [2.45, 2.75) is 38.2 Å². The topological polar surface area (TPSA) is 135 Å². The minimum atomic E-state index is -4.65. The smallest absolute Gasteiger partial charge is 0.394 e. The van der Waals surface area contributed by atoms with E-state index in [1.165, 1.54) is 35.7 Å². The van der Waals surface area contributed by atoms with Gasteiger partial charge in [0.25, 0.3) is 0 Å². The summed E-state index contributed by atoms with van der Waals surface area (Å²) in [4.78, 5) is 10.8. The van der Waals surface area contributed by atoms with Crippen molar-refractivity contribution in [3.63, 3.8) is 0 Å². The van der Waals surface area contributed by atoms with E-state index in [-0.39, 0.29) is 39.2 Å². The number of anilines is 3. The number of pyridine rings is 1. The Morgan fingerprint density at radius 2 is 1.97 bits per heavy atom. The van der Waals surface area contributed by atoms with Gasteiger partial charge in [0, 0.05) is 6.54 Å². The zero-order valence-electron chi connectivity index (χ0n) is 18.5. The number of nitrogens with two attached hydrogens (primary N) is 1. The van der Waals surface area contributed by atoms with E-state index < -0.39 is 24.5 Å². The molecule has 15 heteroatoms. The van der Waals surface area contributed by atoms with E-state index in [1.807, 2.05) is 0 Å². The summed E-state index contributed by atoms with van der Waals surface area (Å²) in [6.45, 7) is 2.28. The van der Waals surface area contributed by atoms with Crippen LogP contribution in [0.3, 0.4) is 0 Å². The summed E-state index contributed by atoms with van der Waals surface area (Å²) in [5.41, 5.74) is 4.70. The maximum atomic E-state index is 14.4. The van der Waals surface area contributed by atoms with Crippen molar-refractivity contribution >= 4 is 34.3 Å². The predicted molar refractivity (Wildman–Crippen MR) is 121 cm³/mol. The SMILES string of the molecule is CCc1nn2c3c(cnc2c1N)N(C(O)Nc1cnc(-n2nccn2)c(Cl)c1)CC3(C)C(F)(F)F. The number of nitrogen functional groups attached to an aromatic ring is 1. The second-order valence-corrected chi connectivity index (χ2v) is 8.67. The maximum absolute atomic E-state index is 14.4. The second kappa shape index (κ2) is 7.95. The second-order valence-electron chi connectivity index (χ2n) is 8.27. The van der Waals surface area contributed by atoms with E-state index >= 15 is 0 Å². The number of hydrogen-bond donors (Lipinski definition) is 3. The largest absolute Gasteiger partial charge is 0.401 e. The summed E-state index contributed by atoms with van der Waals surface area (Å²) in [6.07, 6.45) is -0.254. The number of fused-ring (bicyclic) bond motifs is 3. The Balaban J connectivity index is 1.53. The fourth-order valence-corrected chi connectivity index (χ4v) is 4.42. The molecule has 4 aromatic heterocycles. The molecule has 0 bridgehead atoms. The number of aliphatic hydroxyl groups excluding tert-OH is 1. The summed E-state index contributed by atoms with van der Waals surface area (Å²) >= 11 is 6.27. The fraction of sp³-hybridized carbons (Fsp3) is 0.350. The minimum Gasteiger partial charge on any atom is -0.394 e. The summed E-state index contributed by atoms with van der Waals surface area (Å²) in [7, 11) is 0. The van der Waals surface area contributed by atoms with Gasteiger partial charge in [0.05, 0.1) is 52.6 Å². The molecule has 2 atom stereocenters. The molecule has 0 aliphatic carbocycles. The molecular weight excluding hydrogens is 489 g/mol. The maximum Gasteiger partial charge on any atom is 0.401 e. The van der Waals surface area contributed by atoms with Gasteiger partial charge in [-0.05, 0) is 19.4 Å². The van der Waals surface area contributed by atoms with Crippen molar-refractivity contribution in [1.82, 2.24) is 34.6 Å². The molecule has 0 spiro atoms. The van der Waals surface area contributed by atoms with E-state index in [4.69, 9.17) is 17.3 Å². The number of halogens is 4. The van der Waals surface area contributed by atoms with Crippen LogP contribution in [-0.2, 0) is 11.8 Å². The van der Waals surface area contributed by atoms with Gasteiger partial charge in [0.2, 0.25) is 6.35 Å². The molecule has 35 heavy (non-hydrogen) atoms. The Morgan fingerprint density at radius 3 is 2.60 bits per heavy atom. The molecule has 4 aromatic rings. The first-order valence-corrected chi connectivity index (χ1v) is 10.9. The molecule has 0 aromatic carbocycles. The van der Waals surface area contributed by atoms with Gasteiger partial charge < -0.3 is 21.1 Å². The van der Waals surface area contributed by atoms with Crippen LogP contribution in [0.25, 0.3) is 11.5 Å². The molecular formula is C20H20ClF3N10O. The van der Waals surface area contributed by atoms with Crippen LogP contribution in [-0.4, -0.2) is 58.8 Å². The Bertz CT molecular complexity index is 1410. The molecule has 5 rings (SSSR count). The lowest BCUT2D eigenvalue weighted by Crippen LogP contribution is -2.48. The number of aromatic nitrogens is 7. The Morgan fingerprint density at radius 1 is 1.26 bits per heavy atom. The number of nitrogens with zero attached hydrogens (tertiary/aromatic N) is 8. The van der Waals surface area contributed by atoms with E-state index in [0.717, 1.165) is 16.3 Å². The lowest BCUT2D eigenvalue weighted by Gasteiger charge is -2.31. The lowest BCUT2D eigenvalue weighted by atomic mass is 9.87. The van der Waals surface area contributed by atoms with Crippen LogP contribution in [0.1, 0.15) is 25.2 Å². The van der Waals surface area contributed by atoms with Crippen LogP contribution in [0.4, 0.5) is 30.2 Å². The fourth-order valence-electron chi connectivity index (χ4n) is 4.18. The average Bonchev–Trinajstić information content (AvgIpc) is 3.51. The standard InChI is InChI=1S/C20H20ClF3N10O/c1-3-12-14(25)17-27-8-13-15(33(17)31-12)19(2,20(22,23)24)9-32(13)18(35)30-10-6-11(21)16(26-7-10)34-28-4-5-29-34/h4-8,18,30,35H,3,9,25H2,1-2H3. The minimum absolute atomic E-state index is 0.0684. The zero-order valence-corrected chi connectivity index (χ0v) is 19.2. The van der Waals surface area contributed by atoms with Gasteiger partial charge in [-0.25, -0.2) is 14.5 Å². The number of rotatable bonds is 5. The van der Waals surface area contributed by atoms with E-state index in [1.54, 1.807) is 6.92 Å². The molecule has 0 radical (unpaired) electrons. The molecule has 0 fully saturated rings. The Kier molecular flexibility index (Phi) is 5.25. The molecule has 1 aliphatic rings. The van der Waals surface area contributed by atoms with Crippen LogP contribution in [0.5, 0.6) is 0 Å². The number of hydrogen-bond acceptors (Lipinski definition) is 9. The third-order valence-electron chi connectivity index (χ3n) is 6.04. The van der Waals surface area contributed by atoms with Crippen LogP contribution in [0.2, 0.25) is 5.02 Å². The van der Waals surface area contributed by atoms with Gasteiger partial charge in [-0.3, -0.25) is 0 Å². The molecule has 11 nitrogen and oxygen atoms in total. The van der Waals surface area contributed by atoms with Crippen molar-refractivity contribution in [2.75, 3.05) is 22.5 Å². The first-order valence-electron chi connectivity index (χ1n) is 10.5. The van der Waals surface area contributed by atoms with Gasteiger partial charge in [-0.15, -0.1) is 4.80 Å². The molecule has 5 heterocycles. The third-order valence-corrected chi connectivity index (χ3v) is 6.31. The first kappa shape index (κ1) is 23.1. The molecule has 4 N–H and O–H groups in total. The van der Waals surface area contributed by atoms with E-state index in [2.05, 4.69) is 30.6 Å². The Labute approximate surface area is 201 Å². The van der Waals surface area contributed by atoms with Crippen molar-refractivity contribution in [2.24, 2.45) is 0 Å². The Hall–Kier alpha value is -3.65. The normalized spacial score (nSPS) is 18.8. The summed E-state index contributed by atoms with van der Waals surface area (Å²) < 4.78 is 44.3. The average molecular weight is 509 g/mol. The highest BCUT2D eigenvalue weighted by atomic mass is 35.5. The number of aryl methyl sites for hydroxylation is 1. The first-order chi connectivity index (χ1) is 16.5. The zero-order chi connectivity index (χ0) is 25.1. The number of alkyl halides is 3. The number of nitrogens with one attached hydrogen (secondary N) is 1. The quantitative estimate of drug-likeness (QED) is 0.347. The van der Waals surface area contributed by atoms with Gasteiger partial charge >= 0.3 is 6.18 Å². The van der Waals surface area contributed by atoms with E-state index in [9.17, 15) is 18.3 Å².